The van der Waals surface area contributed by atoms with Crippen molar-refractivity contribution in [3.63, 3.8) is 0 Å². The summed E-state index contributed by atoms with van der Waals surface area (Å²) in [6.45, 7) is 64.8. The van der Waals surface area contributed by atoms with E-state index in [1.807, 2.05) is 91.6 Å². The first-order chi connectivity index (χ1) is 51.8. The molecule has 0 radical (unpaired) electrons. The molecule has 9 aliphatic heterocycles. The molecule has 0 N–H and O–H groups in total. The summed E-state index contributed by atoms with van der Waals surface area (Å²) in [5.41, 5.74) is 27.7. The van der Waals surface area contributed by atoms with Crippen molar-refractivity contribution in [1.82, 2.24) is 9.13 Å². The van der Waals surface area contributed by atoms with Crippen LogP contribution in [0.3, 0.4) is 0 Å². The van der Waals surface area contributed by atoms with Crippen LogP contribution >= 0.6 is 0 Å². The zero-order valence-corrected chi connectivity index (χ0v) is 81.4. The monoisotopic (exact) mass is 1750 g/mol. The predicted molar refractivity (Wildman–Crippen MR) is 441 cm³/mol. The molecular weight excluding hydrogens is 1610 g/mol. The van der Waals surface area contributed by atoms with Crippen molar-refractivity contribution in [2.75, 3.05) is 119 Å². The molecule has 17 rings (SSSR count). The summed E-state index contributed by atoms with van der Waals surface area (Å²) in [6.07, 6.45) is 37.7. The van der Waals surface area contributed by atoms with Gasteiger partial charge in [0.15, 0.2) is 0 Å². The number of para-hydroxylation sites is 4. The second-order valence-corrected chi connectivity index (χ2v) is 28.7. The molecule has 2 aromatic heterocycles. The van der Waals surface area contributed by atoms with Gasteiger partial charge < -0.3 is 60.9 Å². The third-order valence-electron chi connectivity index (χ3n) is 20.5. The zero-order valence-electron chi connectivity index (χ0n) is 71.7. The molecule has 0 bridgehead atoms. The Bertz CT molecular complexity index is 2910. The molecule has 0 amide bonds. The number of rotatable bonds is 4. The summed E-state index contributed by atoms with van der Waals surface area (Å²) < 4.78 is 52.5. The van der Waals surface area contributed by atoms with Gasteiger partial charge in [0, 0.05) is 155 Å². The van der Waals surface area contributed by atoms with Gasteiger partial charge in [-0.25, -0.2) is 0 Å². The van der Waals surface area contributed by atoms with Gasteiger partial charge in [-0.05, 0) is 154 Å². The minimum absolute atomic E-state index is 0. The van der Waals surface area contributed by atoms with Crippen molar-refractivity contribution in [2.24, 2.45) is 0 Å². The van der Waals surface area contributed by atoms with Crippen molar-refractivity contribution >= 4 is 0 Å². The van der Waals surface area contributed by atoms with Gasteiger partial charge in [-0.3, -0.25) is 0 Å². The third kappa shape index (κ3) is 40.3. The van der Waals surface area contributed by atoms with Gasteiger partial charge in [0.25, 0.3) is 12.7 Å². The van der Waals surface area contributed by atoms with Crippen LogP contribution in [0.5, 0.6) is 0 Å². The fourth-order valence-corrected chi connectivity index (χ4v) is 12.8. The average molecular weight is 1750 g/mol. The number of imidazole rings is 2. The van der Waals surface area contributed by atoms with Gasteiger partial charge in [-0.15, -0.1) is 46.5 Å². The summed E-state index contributed by atoms with van der Waals surface area (Å²) in [5, 5.41) is 0. The van der Waals surface area contributed by atoms with Crippen LogP contribution < -0.4 is 112 Å². The second kappa shape index (κ2) is 63.7. The number of hydrogen-bond acceptors (Lipinski definition) is 9. The van der Waals surface area contributed by atoms with Crippen molar-refractivity contribution in [1.29, 1.82) is 0 Å². The molecular formula is C94H138K2N4O9Ru2. The van der Waals surface area contributed by atoms with Crippen molar-refractivity contribution in [2.45, 2.75) is 213 Å². The SMILES string of the molecule is C1CCOC1.C1CCOC1.C1CCOC1.C1CCOC1.C1CCOC1.C1CCOC1.C1CCOC1.C1CCOC1.C1CCOC1.Cc1c(C)c(C)[c-](C)c1C.Cc1c(C)c(C)[c-](C)c1C.[CH2-]c1cccc(C)c1-n1[c-][n+](-c2c([CH2-])cccc2C)cc1.[CH2-]c1cccc(C)c1-n1[c-][n+](-c2c([CH2-])cccc2C)cc1.[K+].[K+].[Ru+2].[Ru+2]. The maximum atomic E-state index is 4.94. The van der Waals surface area contributed by atoms with E-state index in [9.17, 15) is 0 Å². The summed E-state index contributed by atoms with van der Waals surface area (Å²) >= 11 is 0. The van der Waals surface area contributed by atoms with Gasteiger partial charge in [0.05, 0.1) is 11.4 Å². The van der Waals surface area contributed by atoms with E-state index >= 15 is 0 Å². The molecule has 0 aliphatic carbocycles. The van der Waals surface area contributed by atoms with Crippen molar-refractivity contribution in [3.8, 4) is 22.7 Å². The molecule has 9 fully saturated rings. The molecule has 0 unspecified atom stereocenters. The maximum Gasteiger partial charge on any atom is 2.00 e. The standard InChI is InChI=1S/2C19H18N2.2C10H15.9C4H8O.2K.2Ru/c2*1-14-7-5-8-15(2)18(14)20-11-12-21(13-20)19-16(3)9-6-10-17(19)4;2*1-6-7(2)9(4)10(5)8(6)3;9*1-2-4-5-3-1;;;;/h2*5-12H,1,3H2,2,4H3;2*1-5H3;9*1-4H2;;;;/q2*-2;2*-1;;;;;;;;;;2*+1;2*+2. The Kier molecular flexibility index (Phi) is 61.2. The smallest absolute Gasteiger partial charge is 0.381 e. The maximum absolute atomic E-state index is 4.94. The Balaban J connectivity index is 0.000000629. The summed E-state index contributed by atoms with van der Waals surface area (Å²) in [4.78, 5) is 0. The van der Waals surface area contributed by atoms with E-state index in [0.29, 0.717) is 0 Å². The topological polar surface area (TPSA) is 101 Å². The minimum atomic E-state index is 0. The van der Waals surface area contributed by atoms with Crippen LogP contribution in [0.15, 0.2) is 97.6 Å². The molecule has 9 saturated heterocycles. The molecule has 17 heteroatoms. The zero-order chi connectivity index (χ0) is 77.6. The number of hydrogen-bond donors (Lipinski definition) is 0. The van der Waals surface area contributed by atoms with Gasteiger partial charge >= 0.3 is 142 Å². The first-order valence-electron chi connectivity index (χ1n) is 40.1. The number of aromatic nitrogens is 4. The summed E-state index contributed by atoms with van der Waals surface area (Å²) in [7, 11) is 0. The Morgan fingerprint density at radius 2 is 0.468 bits per heavy atom. The molecule has 9 aliphatic rings. The van der Waals surface area contributed by atoms with E-state index in [0.717, 1.165) is 164 Å². The Labute approximate surface area is 785 Å². The van der Waals surface area contributed by atoms with Crippen LogP contribution in [-0.4, -0.2) is 128 Å². The van der Waals surface area contributed by atoms with Crippen LogP contribution in [0.25, 0.3) is 22.7 Å². The van der Waals surface area contributed by atoms with Crippen molar-refractivity contribution in [3.05, 3.63) is 238 Å². The number of ether oxygens (including phenoxy) is 9. The predicted octanol–water partition coefficient (Wildman–Crippen LogP) is 14.1. The number of benzene rings is 4. The van der Waals surface area contributed by atoms with E-state index < -0.39 is 0 Å². The van der Waals surface area contributed by atoms with Crippen LogP contribution in [0.4, 0.5) is 0 Å². The van der Waals surface area contributed by atoms with Crippen LogP contribution in [0, 0.1) is 137 Å². The second-order valence-electron chi connectivity index (χ2n) is 28.7. The molecule has 0 atom stereocenters. The van der Waals surface area contributed by atoms with Crippen LogP contribution in [0.1, 0.15) is 216 Å². The first-order valence-corrected chi connectivity index (χ1v) is 40.1. The largest absolute Gasteiger partial charge is 2.00 e. The average Bonchev–Trinajstić information content (AvgIpc) is 1.79. The molecule has 111 heavy (non-hydrogen) atoms. The van der Waals surface area contributed by atoms with E-state index in [1.54, 1.807) is 0 Å². The molecule has 13 nitrogen and oxygen atoms in total. The van der Waals surface area contributed by atoms with E-state index in [2.05, 4.69) is 162 Å². The third-order valence-corrected chi connectivity index (χ3v) is 20.5. The summed E-state index contributed by atoms with van der Waals surface area (Å²) in [6, 6.07) is 24.5. The molecule has 0 saturated carbocycles. The van der Waals surface area contributed by atoms with E-state index in [1.165, 1.54) is 193 Å². The summed E-state index contributed by atoms with van der Waals surface area (Å²) in [5.74, 6) is 0. The normalized spacial score (nSPS) is 15.7. The van der Waals surface area contributed by atoms with Crippen LogP contribution in [0.2, 0.25) is 0 Å². The van der Waals surface area contributed by atoms with Crippen molar-refractivity contribution < 1.29 is 193 Å². The Hall–Kier alpha value is -2.36. The van der Waals surface area contributed by atoms with Gasteiger partial charge in [-0.1, -0.05) is 105 Å². The van der Waals surface area contributed by atoms with E-state index in [-0.39, 0.29) is 142 Å². The number of nitrogens with zero attached hydrogens (tertiary/aromatic N) is 4. The molecule has 606 valence electrons. The van der Waals surface area contributed by atoms with Gasteiger partial charge in [0.2, 0.25) is 0 Å². The fraction of sp³-hybridized carbons (Fsp3) is 0.532. The van der Waals surface area contributed by atoms with Gasteiger partial charge in [-0.2, -0.15) is 108 Å². The van der Waals surface area contributed by atoms with Crippen LogP contribution in [-0.2, 0) is 81.6 Å². The van der Waals surface area contributed by atoms with E-state index in [4.69, 9.17) is 42.6 Å². The Morgan fingerprint density at radius 1 is 0.288 bits per heavy atom. The molecule has 0 spiro atoms. The van der Waals surface area contributed by atoms with Gasteiger partial charge in [0.1, 0.15) is 0 Å². The minimum Gasteiger partial charge on any atom is -0.381 e. The number of aryl methyl sites for hydroxylation is 4. The molecule has 8 aromatic rings. The molecule has 11 heterocycles. The first kappa shape index (κ1) is 107. The Morgan fingerprint density at radius 3 is 0.613 bits per heavy atom. The fourth-order valence-electron chi connectivity index (χ4n) is 12.8. The quantitative estimate of drug-likeness (QED) is 0.0969. The molecule has 6 aromatic carbocycles.